The van der Waals surface area contributed by atoms with Crippen molar-refractivity contribution in [2.45, 2.75) is 77.0 Å². The Bertz CT molecular complexity index is 318. The van der Waals surface area contributed by atoms with Crippen LogP contribution in [0.5, 0.6) is 0 Å². The molecular formula is C15H29NaO4S. The van der Waals surface area contributed by atoms with Crippen molar-refractivity contribution in [2.75, 3.05) is 6.61 Å². The Kier molecular flexibility index (Phi) is 19.3. The molecule has 0 saturated carbocycles. The first-order chi connectivity index (χ1) is 9.56. The zero-order valence-corrected chi connectivity index (χ0v) is 16.3. The minimum Gasteiger partial charge on any atom is -0.726 e. The summed E-state index contributed by atoms with van der Waals surface area (Å²) in [4.78, 5) is 0. The second-order valence-electron chi connectivity index (χ2n) is 5.20. The fourth-order valence-corrected chi connectivity index (χ4v) is 2.46. The molecule has 0 aliphatic rings. The van der Waals surface area contributed by atoms with Gasteiger partial charge in [0.25, 0.3) is 0 Å². The summed E-state index contributed by atoms with van der Waals surface area (Å²) in [5.41, 5.74) is 0. The number of rotatable bonds is 15. The molecule has 0 bridgehead atoms. The van der Waals surface area contributed by atoms with Crippen molar-refractivity contribution in [2.24, 2.45) is 0 Å². The van der Waals surface area contributed by atoms with Gasteiger partial charge in [-0.1, -0.05) is 63.9 Å². The molecule has 0 radical (unpaired) electrons. The van der Waals surface area contributed by atoms with Gasteiger partial charge in [-0.25, -0.2) is 8.42 Å². The summed E-state index contributed by atoms with van der Waals surface area (Å²) in [5, 5.41) is 0. The fraction of sp³-hybridized carbons (Fsp3) is 0.867. The fourth-order valence-electron chi connectivity index (χ4n) is 2.14. The van der Waals surface area contributed by atoms with E-state index < -0.39 is 10.4 Å². The minimum atomic E-state index is -4.50. The quantitative estimate of drug-likeness (QED) is 0.150. The van der Waals surface area contributed by atoms with Gasteiger partial charge in [0.2, 0.25) is 10.4 Å². The summed E-state index contributed by atoms with van der Waals surface area (Å²) in [6.07, 6.45) is 16.0. The largest absolute Gasteiger partial charge is 1.00 e. The number of hydrogen-bond acceptors (Lipinski definition) is 4. The van der Waals surface area contributed by atoms with Crippen LogP contribution in [0, 0.1) is 0 Å². The van der Waals surface area contributed by atoms with Crippen molar-refractivity contribution in [3.8, 4) is 0 Å². The Morgan fingerprint density at radius 3 is 1.57 bits per heavy atom. The summed E-state index contributed by atoms with van der Waals surface area (Å²) in [6, 6.07) is 0. The van der Waals surface area contributed by atoms with E-state index in [-0.39, 0.29) is 36.2 Å². The van der Waals surface area contributed by atoms with E-state index in [0.29, 0.717) is 6.42 Å². The van der Waals surface area contributed by atoms with Crippen LogP contribution in [-0.4, -0.2) is 19.6 Å². The van der Waals surface area contributed by atoms with Crippen molar-refractivity contribution in [1.29, 1.82) is 0 Å². The predicted octanol–water partition coefficient (Wildman–Crippen LogP) is 1.33. The van der Waals surface area contributed by atoms with E-state index in [2.05, 4.69) is 10.8 Å². The molecule has 0 spiro atoms. The molecule has 0 N–H and O–H groups in total. The van der Waals surface area contributed by atoms with Crippen LogP contribution in [-0.2, 0) is 14.6 Å². The molecular weight excluding hydrogens is 299 g/mol. The maximum Gasteiger partial charge on any atom is 1.00 e. The third-order valence-corrected chi connectivity index (χ3v) is 3.74. The molecule has 6 heteroatoms. The van der Waals surface area contributed by atoms with Crippen LogP contribution in [0.3, 0.4) is 0 Å². The van der Waals surface area contributed by atoms with Gasteiger partial charge in [0.15, 0.2) is 0 Å². The minimum absolute atomic E-state index is 0. The molecule has 120 valence electrons. The molecule has 0 aromatic rings. The normalized spacial score (nSPS) is 11.1. The second-order valence-corrected chi connectivity index (χ2v) is 6.25. The Labute approximate surface area is 153 Å². The molecule has 21 heavy (non-hydrogen) atoms. The van der Waals surface area contributed by atoms with Gasteiger partial charge in [-0.2, -0.15) is 0 Å². The van der Waals surface area contributed by atoms with Gasteiger partial charge in [0.1, 0.15) is 0 Å². The maximum absolute atomic E-state index is 10.2. The predicted molar refractivity (Wildman–Crippen MR) is 81.3 cm³/mol. The first-order valence-corrected chi connectivity index (χ1v) is 9.11. The standard InChI is InChI=1S/C15H30O4S.Na/c1-2-3-4-5-6-7-8-9-10-11-12-13-14-15-19-20(16,17)18;/h2H,1,3-15H2,(H,16,17,18);/q;+1/p-1. The van der Waals surface area contributed by atoms with Crippen molar-refractivity contribution >= 4 is 10.4 Å². The Morgan fingerprint density at radius 2 is 1.19 bits per heavy atom. The van der Waals surface area contributed by atoms with Gasteiger partial charge < -0.3 is 4.55 Å². The number of hydrogen-bond donors (Lipinski definition) is 0. The number of allylic oxidation sites excluding steroid dienone is 1. The van der Waals surface area contributed by atoms with Gasteiger partial charge in [0.05, 0.1) is 6.61 Å². The third kappa shape index (κ3) is 23.0. The van der Waals surface area contributed by atoms with Crippen LogP contribution < -0.4 is 29.6 Å². The zero-order chi connectivity index (χ0) is 15.1. The van der Waals surface area contributed by atoms with Crippen LogP contribution in [0.1, 0.15) is 77.0 Å². The molecule has 0 aromatic heterocycles. The molecule has 0 fully saturated rings. The molecule has 0 saturated heterocycles. The van der Waals surface area contributed by atoms with Gasteiger partial charge >= 0.3 is 29.6 Å². The van der Waals surface area contributed by atoms with Crippen LogP contribution in [0.15, 0.2) is 12.7 Å². The summed E-state index contributed by atoms with van der Waals surface area (Å²) in [6.45, 7) is 3.74. The summed E-state index contributed by atoms with van der Waals surface area (Å²) in [5.74, 6) is 0. The van der Waals surface area contributed by atoms with Crippen LogP contribution >= 0.6 is 0 Å². The van der Waals surface area contributed by atoms with Gasteiger partial charge in [0, 0.05) is 0 Å². The Morgan fingerprint density at radius 1 is 0.810 bits per heavy atom. The van der Waals surface area contributed by atoms with E-state index in [9.17, 15) is 13.0 Å². The van der Waals surface area contributed by atoms with Crippen LogP contribution in [0.4, 0.5) is 0 Å². The van der Waals surface area contributed by atoms with Gasteiger partial charge in [-0.05, 0) is 19.3 Å². The van der Waals surface area contributed by atoms with Crippen molar-refractivity contribution < 1.29 is 46.7 Å². The first kappa shape index (κ1) is 23.9. The summed E-state index contributed by atoms with van der Waals surface area (Å²) < 4.78 is 34.6. The molecule has 0 aliphatic heterocycles. The van der Waals surface area contributed by atoms with E-state index in [4.69, 9.17) is 0 Å². The molecule has 0 unspecified atom stereocenters. The smallest absolute Gasteiger partial charge is 0.726 e. The summed E-state index contributed by atoms with van der Waals surface area (Å²) in [7, 11) is -4.50. The molecule has 0 aliphatic carbocycles. The molecule has 4 nitrogen and oxygen atoms in total. The average molecular weight is 328 g/mol. The Hall–Kier alpha value is 0.610. The van der Waals surface area contributed by atoms with E-state index >= 15 is 0 Å². The zero-order valence-electron chi connectivity index (χ0n) is 13.5. The van der Waals surface area contributed by atoms with Crippen molar-refractivity contribution in [3.05, 3.63) is 12.7 Å². The molecule has 0 atom stereocenters. The van der Waals surface area contributed by atoms with E-state index in [1.807, 2.05) is 6.08 Å². The average Bonchev–Trinajstić information content (AvgIpc) is 2.38. The second kappa shape index (κ2) is 17.0. The van der Waals surface area contributed by atoms with Gasteiger partial charge in [-0.3, -0.25) is 4.18 Å². The van der Waals surface area contributed by atoms with Crippen LogP contribution in [0.2, 0.25) is 0 Å². The van der Waals surface area contributed by atoms with Gasteiger partial charge in [-0.15, -0.1) is 6.58 Å². The molecule has 0 heterocycles. The SMILES string of the molecule is C=CCCCCCCCCCCCCCOS(=O)(=O)[O-].[Na+]. The monoisotopic (exact) mass is 328 g/mol. The van der Waals surface area contributed by atoms with Crippen molar-refractivity contribution in [3.63, 3.8) is 0 Å². The van der Waals surface area contributed by atoms with E-state index in [1.165, 1.54) is 51.4 Å². The topological polar surface area (TPSA) is 66.4 Å². The summed E-state index contributed by atoms with van der Waals surface area (Å²) >= 11 is 0. The van der Waals surface area contributed by atoms with Crippen LogP contribution in [0.25, 0.3) is 0 Å². The first-order valence-electron chi connectivity index (χ1n) is 7.77. The molecule has 0 rings (SSSR count). The maximum atomic E-state index is 10.2. The number of unbranched alkanes of at least 4 members (excludes halogenated alkanes) is 11. The molecule has 0 amide bonds. The molecule has 0 aromatic carbocycles. The van der Waals surface area contributed by atoms with Crippen molar-refractivity contribution in [1.82, 2.24) is 0 Å². The third-order valence-electron chi connectivity index (χ3n) is 3.28. The Balaban J connectivity index is 0. The van der Waals surface area contributed by atoms with E-state index in [0.717, 1.165) is 19.3 Å². The van der Waals surface area contributed by atoms with E-state index in [1.54, 1.807) is 0 Å².